The molecule has 0 spiro atoms. The summed E-state index contributed by atoms with van der Waals surface area (Å²) in [4.78, 5) is 24.3. The molecular weight excluding hydrogens is 272 g/mol. The molecule has 21 heavy (non-hydrogen) atoms. The Morgan fingerprint density at radius 1 is 1.38 bits per heavy atom. The SMILES string of the molecule is COc1cc(-c2noc(CC(=O)C3CCCC3)n2)ncn1. The van der Waals surface area contributed by atoms with Crippen molar-refractivity contribution in [3.05, 3.63) is 18.3 Å². The van der Waals surface area contributed by atoms with Crippen LogP contribution in [0.3, 0.4) is 0 Å². The van der Waals surface area contributed by atoms with Crippen LogP contribution in [0.4, 0.5) is 0 Å². The van der Waals surface area contributed by atoms with Gasteiger partial charge in [0.1, 0.15) is 17.8 Å². The molecule has 1 fully saturated rings. The molecule has 0 radical (unpaired) electrons. The predicted octanol–water partition coefficient (Wildman–Crippen LogP) is 1.84. The van der Waals surface area contributed by atoms with Crippen molar-refractivity contribution in [1.82, 2.24) is 20.1 Å². The summed E-state index contributed by atoms with van der Waals surface area (Å²) in [5, 5.41) is 3.86. The van der Waals surface area contributed by atoms with Gasteiger partial charge in [0.05, 0.1) is 13.5 Å². The Morgan fingerprint density at radius 3 is 2.95 bits per heavy atom. The number of carbonyl (C=O) groups is 1. The van der Waals surface area contributed by atoms with Crippen LogP contribution < -0.4 is 4.74 Å². The summed E-state index contributed by atoms with van der Waals surface area (Å²) in [5.41, 5.74) is 0.505. The van der Waals surface area contributed by atoms with E-state index in [0.29, 0.717) is 23.3 Å². The van der Waals surface area contributed by atoms with Gasteiger partial charge in [0.15, 0.2) is 0 Å². The molecule has 1 aliphatic rings. The van der Waals surface area contributed by atoms with E-state index in [1.165, 1.54) is 13.4 Å². The molecule has 0 bridgehead atoms. The minimum atomic E-state index is 0.152. The molecule has 2 aromatic rings. The third kappa shape index (κ3) is 3.07. The molecular formula is C14H16N4O3. The highest BCUT2D eigenvalue weighted by Gasteiger charge is 2.24. The number of rotatable bonds is 5. The van der Waals surface area contributed by atoms with Crippen LogP contribution in [-0.4, -0.2) is 33.0 Å². The second kappa shape index (κ2) is 5.99. The van der Waals surface area contributed by atoms with Gasteiger partial charge in [-0.15, -0.1) is 0 Å². The highest BCUT2D eigenvalue weighted by Crippen LogP contribution is 2.26. The molecule has 2 aromatic heterocycles. The van der Waals surface area contributed by atoms with E-state index in [1.807, 2.05) is 0 Å². The number of nitrogens with zero attached hydrogens (tertiary/aromatic N) is 4. The number of Topliss-reactive ketones (excluding diaryl/α,β-unsaturated/α-hetero) is 1. The van der Waals surface area contributed by atoms with Crippen LogP contribution in [0.25, 0.3) is 11.5 Å². The highest BCUT2D eigenvalue weighted by molar-refractivity contribution is 5.82. The molecule has 7 heteroatoms. The van der Waals surface area contributed by atoms with Gasteiger partial charge in [0, 0.05) is 12.0 Å². The zero-order valence-corrected chi connectivity index (χ0v) is 11.8. The van der Waals surface area contributed by atoms with Crippen molar-refractivity contribution in [3.8, 4) is 17.4 Å². The van der Waals surface area contributed by atoms with E-state index in [4.69, 9.17) is 9.26 Å². The standard InChI is InChI=1S/C14H16N4O3/c1-20-12-6-10(15-8-16-12)14-17-13(21-18-14)7-11(19)9-4-2-3-5-9/h6,8-9H,2-5,7H2,1H3. The lowest BCUT2D eigenvalue weighted by Gasteiger charge is -2.04. The van der Waals surface area contributed by atoms with Crippen molar-refractivity contribution in [1.29, 1.82) is 0 Å². The van der Waals surface area contributed by atoms with E-state index in [2.05, 4.69) is 20.1 Å². The quantitative estimate of drug-likeness (QED) is 0.828. The normalized spacial score (nSPS) is 15.3. The number of methoxy groups -OCH3 is 1. The fourth-order valence-electron chi connectivity index (χ4n) is 2.55. The van der Waals surface area contributed by atoms with Crippen LogP contribution in [0.5, 0.6) is 5.88 Å². The molecule has 2 heterocycles. The summed E-state index contributed by atoms with van der Waals surface area (Å²) >= 11 is 0. The summed E-state index contributed by atoms with van der Waals surface area (Å²) < 4.78 is 10.2. The highest BCUT2D eigenvalue weighted by atomic mass is 16.5. The Kier molecular flexibility index (Phi) is 3.89. The van der Waals surface area contributed by atoms with Gasteiger partial charge in [-0.25, -0.2) is 9.97 Å². The van der Waals surface area contributed by atoms with Crippen LogP contribution in [0.2, 0.25) is 0 Å². The fourth-order valence-corrected chi connectivity index (χ4v) is 2.55. The maximum Gasteiger partial charge on any atom is 0.234 e. The zero-order chi connectivity index (χ0) is 14.7. The molecule has 0 amide bonds. The summed E-state index contributed by atoms with van der Waals surface area (Å²) in [6.07, 6.45) is 5.78. The first-order valence-corrected chi connectivity index (χ1v) is 6.98. The van der Waals surface area contributed by atoms with Crippen LogP contribution >= 0.6 is 0 Å². The average Bonchev–Trinajstić information content (AvgIpc) is 3.18. The van der Waals surface area contributed by atoms with Gasteiger partial charge in [-0.3, -0.25) is 4.79 Å². The summed E-state index contributed by atoms with van der Waals surface area (Å²) in [6.45, 7) is 0. The number of ether oxygens (including phenoxy) is 1. The number of carbonyl (C=O) groups excluding carboxylic acids is 1. The van der Waals surface area contributed by atoms with Gasteiger partial charge in [-0.2, -0.15) is 4.98 Å². The van der Waals surface area contributed by atoms with Gasteiger partial charge in [-0.05, 0) is 12.8 Å². The molecule has 0 aromatic carbocycles. The fraction of sp³-hybridized carbons (Fsp3) is 0.500. The zero-order valence-electron chi connectivity index (χ0n) is 11.8. The Labute approximate surface area is 121 Å². The molecule has 0 saturated heterocycles. The maximum atomic E-state index is 12.1. The van der Waals surface area contributed by atoms with Crippen LogP contribution in [0.1, 0.15) is 31.6 Å². The molecule has 0 aliphatic heterocycles. The summed E-state index contributed by atoms with van der Waals surface area (Å²) in [7, 11) is 1.52. The molecule has 0 N–H and O–H groups in total. The second-order valence-electron chi connectivity index (χ2n) is 5.08. The van der Waals surface area contributed by atoms with E-state index in [-0.39, 0.29) is 18.1 Å². The number of aromatic nitrogens is 4. The largest absolute Gasteiger partial charge is 0.481 e. The van der Waals surface area contributed by atoms with E-state index in [9.17, 15) is 4.79 Å². The average molecular weight is 288 g/mol. The first kappa shape index (κ1) is 13.7. The molecule has 0 unspecified atom stereocenters. The van der Waals surface area contributed by atoms with Crippen molar-refractivity contribution in [2.45, 2.75) is 32.1 Å². The molecule has 7 nitrogen and oxygen atoms in total. The monoisotopic (exact) mass is 288 g/mol. The predicted molar refractivity (Wildman–Crippen MR) is 72.5 cm³/mol. The molecule has 1 saturated carbocycles. The Balaban J connectivity index is 1.72. The van der Waals surface area contributed by atoms with Gasteiger partial charge in [0.2, 0.25) is 17.6 Å². The van der Waals surface area contributed by atoms with E-state index >= 15 is 0 Å². The minimum Gasteiger partial charge on any atom is -0.481 e. The van der Waals surface area contributed by atoms with Gasteiger partial charge < -0.3 is 9.26 Å². The van der Waals surface area contributed by atoms with Crippen LogP contribution in [-0.2, 0) is 11.2 Å². The lowest BCUT2D eigenvalue weighted by atomic mass is 10.0. The van der Waals surface area contributed by atoms with Crippen LogP contribution in [0.15, 0.2) is 16.9 Å². The smallest absolute Gasteiger partial charge is 0.234 e. The first-order chi connectivity index (χ1) is 10.3. The number of hydrogen-bond acceptors (Lipinski definition) is 7. The van der Waals surface area contributed by atoms with E-state index in [1.54, 1.807) is 6.07 Å². The van der Waals surface area contributed by atoms with Crippen molar-refractivity contribution in [2.75, 3.05) is 7.11 Å². The van der Waals surface area contributed by atoms with Gasteiger partial charge in [0.25, 0.3) is 0 Å². The lowest BCUT2D eigenvalue weighted by molar-refractivity contribution is -0.122. The minimum absolute atomic E-state index is 0.152. The summed E-state index contributed by atoms with van der Waals surface area (Å²) in [6, 6.07) is 1.62. The van der Waals surface area contributed by atoms with E-state index < -0.39 is 0 Å². The van der Waals surface area contributed by atoms with Crippen LogP contribution in [0, 0.1) is 5.92 Å². The Hall–Kier alpha value is -2.31. The number of ketones is 1. The van der Waals surface area contributed by atoms with Crippen molar-refractivity contribution >= 4 is 5.78 Å². The van der Waals surface area contributed by atoms with Crippen molar-refractivity contribution in [2.24, 2.45) is 5.92 Å². The van der Waals surface area contributed by atoms with Crippen molar-refractivity contribution < 1.29 is 14.1 Å². The molecule has 0 atom stereocenters. The molecule has 1 aliphatic carbocycles. The Bertz CT molecular complexity index is 635. The Morgan fingerprint density at radius 2 is 2.19 bits per heavy atom. The second-order valence-corrected chi connectivity index (χ2v) is 5.08. The number of hydrogen-bond donors (Lipinski definition) is 0. The lowest BCUT2D eigenvalue weighted by Crippen LogP contribution is -2.13. The summed E-state index contributed by atoms with van der Waals surface area (Å²) in [5.74, 6) is 1.43. The maximum absolute atomic E-state index is 12.1. The molecule has 3 rings (SSSR count). The van der Waals surface area contributed by atoms with Gasteiger partial charge >= 0.3 is 0 Å². The topological polar surface area (TPSA) is 91.0 Å². The van der Waals surface area contributed by atoms with Gasteiger partial charge in [-0.1, -0.05) is 18.0 Å². The molecule has 110 valence electrons. The first-order valence-electron chi connectivity index (χ1n) is 6.98. The third-order valence-electron chi connectivity index (χ3n) is 3.68. The third-order valence-corrected chi connectivity index (χ3v) is 3.68. The van der Waals surface area contributed by atoms with E-state index in [0.717, 1.165) is 25.7 Å². The van der Waals surface area contributed by atoms with Crippen molar-refractivity contribution in [3.63, 3.8) is 0 Å².